The van der Waals surface area contributed by atoms with Gasteiger partial charge in [-0.2, -0.15) is 0 Å². The van der Waals surface area contributed by atoms with Gasteiger partial charge in [-0.1, -0.05) is 35.3 Å². The van der Waals surface area contributed by atoms with Gasteiger partial charge in [0, 0.05) is 43.3 Å². The molecule has 1 atom stereocenters. The summed E-state index contributed by atoms with van der Waals surface area (Å²) in [6.45, 7) is 1.62. The summed E-state index contributed by atoms with van der Waals surface area (Å²) in [4.78, 5) is 39.1. The van der Waals surface area contributed by atoms with Gasteiger partial charge < -0.3 is 9.64 Å². The summed E-state index contributed by atoms with van der Waals surface area (Å²) < 4.78 is 4.97. The maximum absolute atomic E-state index is 12.8. The Hall–Kier alpha value is -2.68. The van der Waals surface area contributed by atoms with Crippen molar-refractivity contribution in [3.05, 3.63) is 73.8 Å². The Morgan fingerprint density at radius 1 is 1.07 bits per heavy atom. The Morgan fingerprint density at radius 2 is 1.70 bits per heavy atom. The first-order chi connectivity index (χ1) is 14.3. The minimum Gasteiger partial charge on any atom is -0.468 e. The van der Waals surface area contributed by atoms with E-state index in [9.17, 15) is 19.7 Å². The van der Waals surface area contributed by atoms with Crippen molar-refractivity contribution in [2.75, 3.05) is 33.3 Å². The number of piperazine rings is 1. The number of halogens is 2. The smallest absolute Gasteiger partial charge is 0.327 e. The van der Waals surface area contributed by atoms with Gasteiger partial charge in [-0.3, -0.25) is 19.8 Å². The average molecular weight is 452 g/mol. The molecular formula is C20H19Cl2N3O5. The monoisotopic (exact) mass is 451 g/mol. The molecule has 0 spiro atoms. The van der Waals surface area contributed by atoms with Gasteiger partial charge in [-0.05, 0) is 23.8 Å². The molecule has 0 saturated carbocycles. The summed E-state index contributed by atoms with van der Waals surface area (Å²) >= 11 is 12.0. The third kappa shape index (κ3) is 4.72. The standard InChI is InChI=1S/C20H19Cl2N3O5/c1-30-20(27)18(13-2-4-14(21)5-3-13)23-8-10-24(11-9-23)19(26)16-7-6-15(25(28)29)12-17(16)22/h2-7,12,18H,8-11H2,1H3. The number of carbonyl (C=O) groups is 2. The van der Waals surface area contributed by atoms with Gasteiger partial charge in [0.25, 0.3) is 11.6 Å². The van der Waals surface area contributed by atoms with Crippen molar-refractivity contribution in [1.82, 2.24) is 9.80 Å². The van der Waals surface area contributed by atoms with Gasteiger partial charge in [-0.15, -0.1) is 0 Å². The number of benzene rings is 2. The fourth-order valence-electron chi connectivity index (χ4n) is 3.40. The Morgan fingerprint density at radius 3 is 2.23 bits per heavy atom. The highest BCUT2D eigenvalue weighted by Gasteiger charge is 2.33. The van der Waals surface area contributed by atoms with Crippen LogP contribution in [0.25, 0.3) is 0 Å². The predicted octanol–water partition coefficient (Wildman–Crippen LogP) is 3.57. The van der Waals surface area contributed by atoms with Crippen molar-refractivity contribution >= 4 is 40.8 Å². The molecule has 2 aromatic carbocycles. The normalized spacial score (nSPS) is 15.5. The molecule has 2 aromatic rings. The van der Waals surface area contributed by atoms with Gasteiger partial charge in [0.05, 0.1) is 22.6 Å². The summed E-state index contributed by atoms with van der Waals surface area (Å²) in [5.74, 6) is -0.703. The van der Waals surface area contributed by atoms with Gasteiger partial charge in [0.1, 0.15) is 6.04 Å². The highest BCUT2D eigenvalue weighted by molar-refractivity contribution is 6.34. The van der Waals surface area contributed by atoms with E-state index in [2.05, 4.69) is 0 Å². The first-order valence-electron chi connectivity index (χ1n) is 9.12. The Labute approximate surface area is 183 Å². The van der Waals surface area contributed by atoms with Crippen LogP contribution in [0.4, 0.5) is 5.69 Å². The molecule has 8 nitrogen and oxygen atoms in total. The second-order valence-corrected chi connectivity index (χ2v) is 7.57. The van der Waals surface area contributed by atoms with E-state index < -0.39 is 16.9 Å². The van der Waals surface area contributed by atoms with Gasteiger partial charge in [-0.25, -0.2) is 4.79 Å². The number of rotatable bonds is 5. The lowest BCUT2D eigenvalue weighted by molar-refractivity contribution is -0.384. The molecule has 3 rings (SSSR count). The number of hydrogen-bond donors (Lipinski definition) is 0. The number of nitrogens with zero attached hydrogens (tertiary/aromatic N) is 3. The molecule has 1 aliphatic rings. The van der Waals surface area contributed by atoms with Crippen molar-refractivity contribution in [3.8, 4) is 0 Å². The molecule has 10 heteroatoms. The number of carbonyl (C=O) groups excluding carboxylic acids is 2. The number of amides is 1. The summed E-state index contributed by atoms with van der Waals surface area (Å²) in [5.41, 5.74) is 0.785. The molecule has 0 bridgehead atoms. The van der Waals surface area contributed by atoms with E-state index in [1.807, 2.05) is 4.90 Å². The van der Waals surface area contributed by atoms with E-state index in [0.717, 1.165) is 5.56 Å². The molecule has 1 amide bonds. The Kier molecular flexibility index (Phi) is 6.91. The molecule has 30 heavy (non-hydrogen) atoms. The number of methoxy groups -OCH3 is 1. The van der Waals surface area contributed by atoms with E-state index >= 15 is 0 Å². The van der Waals surface area contributed by atoms with E-state index in [-0.39, 0.29) is 22.2 Å². The lowest BCUT2D eigenvalue weighted by Crippen LogP contribution is -2.51. The number of non-ortho nitro benzene ring substituents is 1. The lowest BCUT2D eigenvalue weighted by Gasteiger charge is -2.38. The Balaban J connectivity index is 1.72. The van der Waals surface area contributed by atoms with Crippen LogP contribution in [0.1, 0.15) is 22.0 Å². The molecule has 158 valence electrons. The third-order valence-electron chi connectivity index (χ3n) is 4.97. The number of nitro benzene ring substituents is 1. The average Bonchev–Trinajstić information content (AvgIpc) is 2.75. The number of ether oxygens (including phenoxy) is 1. The quantitative estimate of drug-likeness (QED) is 0.391. The first-order valence-corrected chi connectivity index (χ1v) is 9.88. The Bertz CT molecular complexity index is 959. The molecule has 1 unspecified atom stereocenters. The summed E-state index contributed by atoms with van der Waals surface area (Å²) in [6.07, 6.45) is 0. The molecule has 1 aliphatic heterocycles. The molecular weight excluding hydrogens is 433 g/mol. The zero-order valence-electron chi connectivity index (χ0n) is 16.1. The van der Waals surface area contributed by atoms with Crippen LogP contribution < -0.4 is 0 Å². The fourth-order valence-corrected chi connectivity index (χ4v) is 3.78. The maximum atomic E-state index is 12.8. The van der Waals surface area contributed by atoms with Crippen molar-refractivity contribution in [2.45, 2.75) is 6.04 Å². The molecule has 0 aromatic heterocycles. The van der Waals surface area contributed by atoms with Crippen LogP contribution in [0.15, 0.2) is 42.5 Å². The van der Waals surface area contributed by atoms with Crippen LogP contribution in [0.5, 0.6) is 0 Å². The van der Waals surface area contributed by atoms with E-state index in [4.69, 9.17) is 27.9 Å². The maximum Gasteiger partial charge on any atom is 0.327 e. The summed E-state index contributed by atoms with van der Waals surface area (Å²) in [5, 5.41) is 11.5. The zero-order valence-corrected chi connectivity index (χ0v) is 17.6. The highest BCUT2D eigenvalue weighted by Crippen LogP contribution is 2.27. The number of nitro groups is 1. The minimum atomic E-state index is -0.604. The lowest BCUT2D eigenvalue weighted by atomic mass is 10.0. The SMILES string of the molecule is COC(=O)C(c1ccc(Cl)cc1)N1CCN(C(=O)c2ccc([N+](=O)[O-])cc2Cl)CC1. The molecule has 0 N–H and O–H groups in total. The minimum absolute atomic E-state index is 0.0326. The van der Waals surface area contributed by atoms with Crippen molar-refractivity contribution in [2.24, 2.45) is 0 Å². The number of esters is 1. The second-order valence-electron chi connectivity index (χ2n) is 6.73. The predicted molar refractivity (Wildman–Crippen MR) is 112 cm³/mol. The topological polar surface area (TPSA) is 93.0 Å². The van der Waals surface area contributed by atoms with Crippen LogP contribution in [-0.2, 0) is 9.53 Å². The first kappa shape index (κ1) is 22.0. The van der Waals surface area contributed by atoms with Crippen LogP contribution in [0.3, 0.4) is 0 Å². The van der Waals surface area contributed by atoms with Gasteiger partial charge in [0.15, 0.2) is 0 Å². The van der Waals surface area contributed by atoms with Crippen molar-refractivity contribution in [3.63, 3.8) is 0 Å². The molecule has 1 saturated heterocycles. The third-order valence-corrected chi connectivity index (χ3v) is 5.54. The van der Waals surface area contributed by atoms with Crippen LogP contribution >= 0.6 is 23.2 Å². The largest absolute Gasteiger partial charge is 0.468 e. The van der Waals surface area contributed by atoms with Gasteiger partial charge >= 0.3 is 5.97 Å². The molecule has 0 radical (unpaired) electrons. The summed E-state index contributed by atoms with van der Waals surface area (Å²) in [7, 11) is 1.33. The fraction of sp³-hybridized carbons (Fsp3) is 0.300. The highest BCUT2D eigenvalue weighted by atomic mass is 35.5. The molecule has 0 aliphatic carbocycles. The van der Waals surface area contributed by atoms with E-state index in [1.165, 1.54) is 25.3 Å². The summed E-state index contributed by atoms with van der Waals surface area (Å²) in [6, 6.07) is 10.2. The van der Waals surface area contributed by atoms with E-state index in [1.54, 1.807) is 29.2 Å². The zero-order chi connectivity index (χ0) is 21.8. The van der Waals surface area contributed by atoms with Crippen LogP contribution in [0.2, 0.25) is 10.0 Å². The number of hydrogen-bond acceptors (Lipinski definition) is 6. The van der Waals surface area contributed by atoms with E-state index in [0.29, 0.717) is 31.2 Å². The van der Waals surface area contributed by atoms with Crippen molar-refractivity contribution in [1.29, 1.82) is 0 Å². The van der Waals surface area contributed by atoms with Crippen LogP contribution in [0, 0.1) is 10.1 Å². The second kappa shape index (κ2) is 9.42. The van der Waals surface area contributed by atoms with Gasteiger partial charge in [0.2, 0.25) is 0 Å². The molecule has 1 fully saturated rings. The van der Waals surface area contributed by atoms with Crippen LogP contribution in [-0.4, -0.2) is 59.9 Å². The molecule has 1 heterocycles. The van der Waals surface area contributed by atoms with Crippen molar-refractivity contribution < 1.29 is 19.2 Å².